The SMILES string of the molecule is CC1=C(C)[C@@H](O)[C@H](N(C)C)CO1. The molecule has 0 fully saturated rings. The molecule has 0 saturated carbocycles. The Balaban J connectivity index is 2.76. The first-order valence-corrected chi connectivity index (χ1v) is 4.18. The van der Waals surface area contributed by atoms with Crippen molar-refractivity contribution >= 4 is 0 Å². The number of aliphatic hydroxyl groups is 1. The Kier molecular flexibility index (Phi) is 2.75. The highest BCUT2D eigenvalue weighted by atomic mass is 16.5. The first-order chi connectivity index (χ1) is 5.54. The molecule has 0 unspecified atom stereocenters. The molecule has 0 amide bonds. The molecular weight excluding hydrogens is 154 g/mol. The molecule has 3 nitrogen and oxygen atoms in total. The molecule has 12 heavy (non-hydrogen) atoms. The molecule has 0 spiro atoms. The van der Waals surface area contributed by atoms with Crippen molar-refractivity contribution in [3.05, 3.63) is 11.3 Å². The maximum Gasteiger partial charge on any atom is 0.106 e. The molecule has 0 aromatic heterocycles. The molecule has 0 bridgehead atoms. The summed E-state index contributed by atoms with van der Waals surface area (Å²) in [6, 6.07) is 0.0914. The summed E-state index contributed by atoms with van der Waals surface area (Å²) in [5, 5.41) is 9.80. The highest BCUT2D eigenvalue weighted by Gasteiger charge is 2.28. The predicted octanol–water partition coefficient (Wildman–Crippen LogP) is 0.602. The van der Waals surface area contributed by atoms with E-state index < -0.39 is 0 Å². The summed E-state index contributed by atoms with van der Waals surface area (Å²) in [5.74, 6) is 0.862. The summed E-state index contributed by atoms with van der Waals surface area (Å²) >= 11 is 0. The maximum atomic E-state index is 9.80. The fourth-order valence-electron chi connectivity index (χ4n) is 1.34. The van der Waals surface area contributed by atoms with Crippen LogP contribution < -0.4 is 0 Å². The van der Waals surface area contributed by atoms with Gasteiger partial charge in [0.2, 0.25) is 0 Å². The predicted molar refractivity (Wildman–Crippen MR) is 47.8 cm³/mol. The zero-order valence-electron chi connectivity index (χ0n) is 8.16. The average Bonchev–Trinajstić information content (AvgIpc) is 2.00. The molecule has 0 aromatic rings. The van der Waals surface area contributed by atoms with Crippen LogP contribution >= 0.6 is 0 Å². The largest absolute Gasteiger partial charge is 0.496 e. The smallest absolute Gasteiger partial charge is 0.106 e. The number of allylic oxidation sites excluding steroid dienone is 1. The molecule has 0 aromatic carbocycles. The van der Waals surface area contributed by atoms with Crippen LogP contribution in [0, 0.1) is 0 Å². The minimum atomic E-state index is -0.381. The molecule has 1 rings (SSSR count). The number of aliphatic hydroxyl groups excluding tert-OH is 1. The fraction of sp³-hybridized carbons (Fsp3) is 0.778. The Morgan fingerprint density at radius 1 is 1.42 bits per heavy atom. The molecule has 1 heterocycles. The zero-order chi connectivity index (χ0) is 9.30. The van der Waals surface area contributed by atoms with E-state index in [-0.39, 0.29) is 12.1 Å². The molecule has 0 aliphatic carbocycles. The second-order valence-electron chi connectivity index (χ2n) is 3.53. The molecule has 70 valence electrons. The van der Waals surface area contributed by atoms with E-state index in [1.807, 2.05) is 32.8 Å². The third-order valence-corrected chi connectivity index (χ3v) is 2.50. The van der Waals surface area contributed by atoms with Crippen molar-refractivity contribution in [1.82, 2.24) is 4.90 Å². The lowest BCUT2D eigenvalue weighted by atomic mass is 10.0. The Morgan fingerprint density at radius 2 is 2.00 bits per heavy atom. The van der Waals surface area contributed by atoms with Crippen LogP contribution in [-0.4, -0.2) is 42.9 Å². The van der Waals surface area contributed by atoms with Gasteiger partial charge in [-0.15, -0.1) is 0 Å². The standard InChI is InChI=1S/C9H17NO2/c1-6-7(2)12-5-8(9(6)11)10(3)4/h8-9,11H,5H2,1-4H3/t8-,9-/m1/s1. The molecule has 1 N–H and O–H groups in total. The van der Waals surface area contributed by atoms with Gasteiger partial charge in [-0.3, -0.25) is 0 Å². The van der Waals surface area contributed by atoms with Crippen LogP contribution in [0.4, 0.5) is 0 Å². The van der Waals surface area contributed by atoms with Gasteiger partial charge in [-0.2, -0.15) is 0 Å². The van der Waals surface area contributed by atoms with Gasteiger partial charge >= 0.3 is 0 Å². The van der Waals surface area contributed by atoms with Crippen molar-refractivity contribution in [3.63, 3.8) is 0 Å². The van der Waals surface area contributed by atoms with E-state index in [2.05, 4.69) is 0 Å². The van der Waals surface area contributed by atoms with E-state index in [9.17, 15) is 5.11 Å². The van der Waals surface area contributed by atoms with Gasteiger partial charge in [-0.1, -0.05) is 0 Å². The van der Waals surface area contributed by atoms with Gasteiger partial charge in [0, 0.05) is 0 Å². The second kappa shape index (κ2) is 3.46. The van der Waals surface area contributed by atoms with Crippen LogP contribution in [-0.2, 0) is 4.74 Å². The van der Waals surface area contributed by atoms with E-state index in [0.717, 1.165) is 11.3 Å². The monoisotopic (exact) mass is 171 g/mol. The average molecular weight is 171 g/mol. The number of hydrogen-bond acceptors (Lipinski definition) is 3. The van der Waals surface area contributed by atoms with Crippen molar-refractivity contribution in [3.8, 4) is 0 Å². The number of rotatable bonds is 1. The molecule has 1 aliphatic rings. The third kappa shape index (κ3) is 1.62. The van der Waals surface area contributed by atoms with Gasteiger partial charge in [-0.25, -0.2) is 0 Å². The molecular formula is C9H17NO2. The first kappa shape index (κ1) is 9.55. The zero-order valence-corrected chi connectivity index (χ0v) is 8.16. The third-order valence-electron chi connectivity index (χ3n) is 2.50. The maximum absolute atomic E-state index is 9.80. The summed E-state index contributed by atoms with van der Waals surface area (Å²) < 4.78 is 5.41. The fourth-order valence-corrected chi connectivity index (χ4v) is 1.34. The number of nitrogens with zero attached hydrogens (tertiary/aromatic N) is 1. The van der Waals surface area contributed by atoms with Crippen molar-refractivity contribution in [1.29, 1.82) is 0 Å². The highest BCUT2D eigenvalue weighted by Crippen LogP contribution is 2.21. The van der Waals surface area contributed by atoms with Crippen LogP contribution in [0.2, 0.25) is 0 Å². The minimum absolute atomic E-state index is 0.0914. The molecule has 1 aliphatic heterocycles. The summed E-state index contributed by atoms with van der Waals surface area (Å²) in [5.41, 5.74) is 0.944. The lowest BCUT2D eigenvalue weighted by Gasteiger charge is -2.34. The van der Waals surface area contributed by atoms with Crippen molar-refractivity contribution in [2.45, 2.75) is 26.0 Å². The van der Waals surface area contributed by atoms with Crippen molar-refractivity contribution in [2.24, 2.45) is 0 Å². The van der Waals surface area contributed by atoms with Crippen LogP contribution in [0.5, 0.6) is 0 Å². The van der Waals surface area contributed by atoms with Gasteiger partial charge in [-0.05, 0) is 33.5 Å². The molecule has 2 atom stereocenters. The number of likely N-dealkylation sites (N-methyl/N-ethyl adjacent to an activating group) is 1. The molecule has 0 saturated heterocycles. The van der Waals surface area contributed by atoms with E-state index >= 15 is 0 Å². The van der Waals surface area contributed by atoms with Gasteiger partial charge in [0.15, 0.2) is 0 Å². The first-order valence-electron chi connectivity index (χ1n) is 4.18. The van der Waals surface area contributed by atoms with Crippen molar-refractivity contribution < 1.29 is 9.84 Å². The summed E-state index contributed by atoms with van der Waals surface area (Å²) in [7, 11) is 3.90. The van der Waals surface area contributed by atoms with Crippen LogP contribution in [0.3, 0.4) is 0 Å². The van der Waals surface area contributed by atoms with E-state index in [0.29, 0.717) is 6.61 Å². The van der Waals surface area contributed by atoms with Gasteiger partial charge < -0.3 is 14.7 Å². The Hall–Kier alpha value is -0.540. The topological polar surface area (TPSA) is 32.7 Å². The van der Waals surface area contributed by atoms with E-state index in [1.165, 1.54) is 0 Å². The molecule has 3 heteroatoms. The lowest BCUT2D eigenvalue weighted by molar-refractivity contribution is 0.0210. The second-order valence-corrected chi connectivity index (χ2v) is 3.53. The van der Waals surface area contributed by atoms with Gasteiger partial charge in [0.1, 0.15) is 6.61 Å². The summed E-state index contributed by atoms with van der Waals surface area (Å²) in [4.78, 5) is 1.99. The summed E-state index contributed by atoms with van der Waals surface area (Å²) in [6.45, 7) is 4.39. The van der Waals surface area contributed by atoms with E-state index in [1.54, 1.807) is 0 Å². The quantitative estimate of drug-likeness (QED) is 0.627. The van der Waals surface area contributed by atoms with E-state index in [4.69, 9.17) is 4.74 Å². The van der Waals surface area contributed by atoms with Gasteiger partial charge in [0.25, 0.3) is 0 Å². The van der Waals surface area contributed by atoms with Crippen LogP contribution in [0.15, 0.2) is 11.3 Å². The number of hydrogen-bond donors (Lipinski definition) is 1. The van der Waals surface area contributed by atoms with Crippen LogP contribution in [0.25, 0.3) is 0 Å². The van der Waals surface area contributed by atoms with Crippen molar-refractivity contribution in [2.75, 3.05) is 20.7 Å². The number of ether oxygens (including phenoxy) is 1. The Bertz CT molecular complexity index is 199. The normalized spacial score (nSPS) is 30.8. The van der Waals surface area contributed by atoms with Gasteiger partial charge in [0.05, 0.1) is 17.9 Å². The Labute approximate surface area is 73.6 Å². The Morgan fingerprint density at radius 3 is 2.50 bits per heavy atom. The lowest BCUT2D eigenvalue weighted by Crippen LogP contribution is -2.45. The summed E-state index contributed by atoms with van der Waals surface area (Å²) in [6.07, 6.45) is -0.381. The highest BCUT2D eigenvalue weighted by molar-refractivity contribution is 5.15. The van der Waals surface area contributed by atoms with Crippen LogP contribution in [0.1, 0.15) is 13.8 Å². The molecule has 0 radical (unpaired) electrons. The minimum Gasteiger partial charge on any atom is -0.496 e.